The Balaban J connectivity index is 1.85. The van der Waals surface area contributed by atoms with Gasteiger partial charge in [0.15, 0.2) is 0 Å². The number of benzene rings is 1. The first-order valence-electron chi connectivity index (χ1n) is 10.1. The van der Waals surface area contributed by atoms with Crippen LogP contribution in [0.15, 0.2) is 30.3 Å². The molecule has 29 heavy (non-hydrogen) atoms. The Bertz CT molecular complexity index is 860. The van der Waals surface area contributed by atoms with Gasteiger partial charge in [0.1, 0.15) is 4.88 Å². The largest absolute Gasteiger partial charge is 0.351 e. The number of nitrogens with two attached hydrogens (primary N) is 1. The van der Waals surface area contributed by atoms with E-state index in [1.54, 1.807) is 0 Å². The topological polar surface area (TPSA) is 96.2 Å². The summed E-state index contributed by atoms with van der Waals surface area (Å²) in [4.78, 5) is 25.8. The molecule has 6 nitrogen and oxygen atoms in total. The van der Waals surface area contributed by atoms with E-state index in [0.717, 1.165) is 42.8 Å². The number of hydrogen-bond donors (Lipinski definition) is 4. The normalized spacial score (nSPS) is 17.4. The van der Waals surface area contributed by atoms with Crippen molar-refractivity contribution in [2.45, 2.75) is 51.5 Å². The summed E-state index contributed by atoms with van der Waals surface area (Å²) < 4.78 is 0. The molecule has 2 heterocycles. The van der Waals surface area contributed by atoms with Crippen molar-refractivity contribution < 1.29 is 9.59 Å². The Kier molecular flexibility index (Phi) is 6.59. The van der Waals surface area contributed by atoms with E-state index in [4.69, 9.17) is 5.73 Å². The maximum Gasteiger partial charge on any atom is 0.316 e. The van der Waals surface area contributed by atoms with E-state index < -0.39 is 6.03 Å². The van der Waals surface area contributed by atoms with Crippen molar-refractivity contribution in [1.82, 2.24) is 10.6 Å². The van der Waals surface area contributed by atoms with Crippen molar-refractivity contribution in [3.05, 3.63) is 40.8 Å². The molecule has 0 saturated carbocycles. The van der Waals surface area contributed by atoms with Gasteiger partial charge in [-0.2, -0.15) is 0 Å². The van der Waals surface area contributed by atoms with Crippen LogP contribution >= 0.6 is 11.3 Å². The molecule has 0 radical (unpaired) electrons. The average molecular weight is 415 g/mol. The van der Waals surface area contributed by atoms with Crippen molar-refractivity contribution in [2.75, 3.05) is 18.4 Å². The highest BCUT2D eigenvalue weighted by molar-refractivity contribution is 7.18. The van der Waals surface area contributed by atoms with E-state index in [2.05, 4.69) is 61.0 Å². The van der Waals surface area contributed by atoms with Crippen molar-refractivity contribution in [2.24, 2.45) is 5.73 Å². The quantitative estimate of drug-likeness (QED) is 0.607. The summed E-state index contributed by atoms with van der Waals surface area (Å²) in [6, 6.07) is 9.54. The Morgan fingerprint density at radius 1 is 1.17 bits per heavy atom. The Morgan fingerprint density at radius 2 is 1.90 bits per heavy atom. The summed E-state index contributed by atoms with van der Waals surface area (Å²) >= 11 is 1.37. The van der Waals surface area contributed by atoms with Crippen LogP contribution in [0.4, 0.5) is 10.5 Å². The lowest BCUT2D eigenvalue weighted by Gasteiger charge is -2.19. The zero-order valence-electron chi connectivity index (χ0n) is 17.3. The SMILES string of the molecule is CC(C)(C)c1ccc(-c2cc(NC(N)=O)c(C(=O)N[C@H]3CCCCNC3)s2)cc1. The first-order valence-corrected chi connectivity index (χ1v) is 10.9. The van der Waals surface area contributed by atoms with Gasteiger partial charge in [-0.15, -0.1) is 11.3 Å². The van der Waals surface area contributed by atoms with Gasteiger partial charge in [-0.05, 0) is 42.0 Å². The molecule has 7 heteroatoms. The Labute approximate surface area is 176 Å². The van der Waals surface area contributed by atoms with Crippen LogP contribution in [-0.4, -0.2) is 31.1 Å². The van der Waals surface area contributed by atoms with E-state index in [1.165, 1.54) is 16.9 Å². The minimum absolute atomic E-state index is 0.0739. The van der Waals surface area contributed by atoms with Gasteiger partial charge >= 0.3 is 6.03 Å². The number of thiophene rings is 1. The monoisotopic (exact) mass is 414 g/mol. The molecule has 1 aromatic heterocycles. The summed E-state index contributed by atoms with van der Waals surface area (Å²) in [5.74, 6) is -0.176. The van der Waals surface area contributed by atoms with Gasteiger partial charge in [-0.3, -0.25) is 4.79 Å². The fourth-order valence-electron chi connectivity index (χ4n) is 3.46. The molecule has 1 fully saturated rings. The second-order valence-corrected chi connectivity index (χ2v) is 9.59. The van der Waals surface area contributed by atoms with Gasteiger partial charge in [0.25, 0.3) is 5.91 Å². The smallest absolute Gasteiger partial charge is 0.316 e. The van der Waals surface area contributed by atoms with Crippen LogP contribution in [-0.2, 0) is 5.41 Å². The lowest BCUT2D eigenvalue weighted by Crippen LogP contribution is -2.40. The molecule has 0 spiro atoms. The fourth-order valence-corrected chi connectivity index (χ4v) is 4.48. The minimum atomic E-state index is -0.678. The van der Waals surface area contributed by atoms with Gasteiger partial charge in [0.05, 0.1) is 5.69 Å². The zero-order chi connectivity index (χ0) is 21.0. The number of urea groups is 1. The molecule has 1 aromatic carbocycles. The van der Waals surface area contributed by atoms with Gasteiger partial charge in [0, 0.05) is 17.5 Å². The van der Waals surface area contributed by atoms with Crippen LogP contribution in [0.2, 0.25) is 0 Å². The van der Waals surface area contributed by atoms with Gasteiger partial charge < -0.3 is 21.7 Å². The van der Waals surface area contributed by atoms with Crippen molar-refractivity contribution in [3.8, 4) is 10.4 Å². The second-order valence-electron chi connectivity index (χ2n) is 8.54. The van der Waals surface area contributed by atoms with Crippen LogP contribution in [0.5, 0.6) is 0 Å². The number of carbonyl (C=O) groups is 2. The van der Waals surface area contributed by atoms with E-state index in [9.17, 15) is 9.59 Å². The summed E-state index contributed by atoms with van der Waals surface area (Å²) in [5.41, 5.74) is 8.10. The van der Waals surface area contributed by atoms with Crippen LogP contribution in [0.3, 0.4) is 0 Å². The fraction of sp³-hybridized carbons (Fsp3) is 0.455. The van der Waals surface area contributed by atoms with Crippen molar-refractivity contribution in [1.29, 1.82) is 0 Å². The highest BCUT2D eigenvalue weighted by Gasteiger charge is 2.22. The Hall–Kier alpha value is -2.38. The highest BCUT2D eigenvalue weighted by Crippen LogP contribution is 2.36. The van der Waals surface area contributed by atoms with Gasteiger partial charge in [-0.1, -0.05) is 51.5 Å². The first-order chi connectivity index (χ1) is 13.7. The number of amides is 3. The van der Waals surface area contributed by atoms with Crippen LogP contribution in [0.25, 0.3) is 10.4 Å². The number of nitrogens with one attached hydrogen (secondary N) is 3. The molecule has 5 N–H and O–H groups in total. The lowest BCUT2D eigenvalue weighted by molar-refractivity contribution is 0.0940. The molecule has 3 amide bonds. The van der Waals surface area contributed by atoms with Crippen LogP contribution in [0.1, 0.15) is 55.3 Å². The number of anilines is 1. The minimum Gasteiger partial charge on any atom is -0.351 e. The lowest BCUT2D eigenvalue weighted by atomic mass is 9.86. The van der Waals surface area contributed by atoms with Gasteiger partial charge in [-0.25, -0.2) is 4.79 Å². The van der Waals surface area contributed by atoms with Crippen LogP contribution < -0.4 is 21.7 Å². The molecule has 1 atom stereocenters. The third kappa shape index (κ3) is 5.58. The Morgan fingerprint density at radius 3 is 2.55 bits per heavy atom. The average Bonchev–Trinajstić information content (AvgIpc) is 2.89. The standard InChI is InChI=1S/C22H30N4O2S/c1-22(2,3)15-9-7-14(8-10-15)18-12-17(26-21(23)28)19(29-18)20(27)25-16-6-4-5-11-24-13-16/h7-10,12,16,24H,4-6,11,13H2,1-3H3,(H,25,27)(H3,23,26,28)/t16-/m0/s1. The van der Waals surface area contributed by atoms with E-state index in [0.29, 0.717) is 10.6 Å². The molecule has 1 aliphatic rings. The molecule has 3 rings (SSSR count). The molecular weight excluding hydrogens is 384 g/mol. The van der Waals surface area contributed by atoms with Gasteiger partial charge in [0.2, 0.25) is 0 Å². The third-order valence-electron chi connectivity index (χ3n) is 5.11. The molecule has 0 aliphatic carbocycles. The molecule has 0 unspecified atom stereocenters. The molecule has 156 valence electrons. The summed E-state index contributed by atoms with van der Waals surface area (Å²) in [5, 5.41) is 9.05. The molecule has 1 aliphatic heterocycles. The number of primary amides is 1. The zero-order valence-corrected chi connectivity index (χ0v) is 18.1. The predicted octanol–water partition coefficient (Wildman–Crippen LogP) is 4.08. The summed E-state index contributed by atoms with van der Waals surface area (Å²) in [6.07, 6.45) is 3.15. The predicted molar refractivity (Wildman–Crippen MR) is 120 cm³/mol. The molecule has 2 aromatic rings. The molecule has 1 saturated heterocycles. The van der Waals surface area contributed by atoms with E-state index >= 15 is 0 Å². The number of carbonyl (C=O) groups excluding carboxylic acids is 2. The third-order valence-corrected chi connectivity index (χ3v) is 6.30. The first kappa shape index (κ1) is 21.3. The molecule has 0 bridgehead atoms. The number of hydrogen-bond acceptors (Lipinski definition) is 4. The van der Waals surface area contributed by atoms with Crippen molar-refractivity contribution >= 4 is 29.0 Å². The van der Waals surface area contributed by atoms with Crippen molar-refractivity contribution in [3.63, 3.8) is 0 Å². The summed E-state index contributed by atoms with van der Waals surface area (Å²) in [6.45, 7) is 8.26. The van der Waals surface area contributed by atoms with E-state index in [-0.39, 0.29) is 17.4 Å². The second kappa shape index (κ2) is 8.97. The van der Waals surface area contributed by atoms with Crippen LogP contribution in [0, 0.1) is 0 Å². The summed E-state index contributed by atoms with van der Waals surface area (Å²) in [7, 11) is 0. The number of rotatable bonds is 4. The highest BCUT2D eigenvalue weighted by atomic mass is 32.1. The maximum atomic E-state index is 12.9. The maximum absolute atomic E-state index is 12.9. The molecular formula is C22H30N4O2S. The van der Waals surface area contributed by atoms with E-state index in [1.807, 2.05) is 6.07 Å².